The normalized spacial score (nSPS) is 25.0. The lowest BCUT2D eigenvalue weighted by atomic mass is 9.93. The van der Waals surface area contributed by atoms with E-state index in [4.69, 9.17) is 0 Å². The van der Waals surface area contributed by atoms with Crippen molar-refractivity contribution in [3.63, 3.8) is 0 Å². The smallest absolute Gasteiger partial charge is 0.315 e. The van der Waals surface area contributed by atoms with Crippen molar-refractivity contribution in [3.05, 3.63) is 53.3 Å². The third kappa shape index (κ3) is 3.03. The summed E-state index contributed by atoms with van der Waals surface area (Å²) in [5, 5.41) is 10.5. The van der Waals surface area contributed by atoms with Gasteiger partial charge in [-0.05, 0) is 43.1 Å². The Bertz CT molecular complexity index is 724. The Balaban J connectivity index is 1.28. The standard InChI is InChI=1S/C19H24N4O/c1-23-18-9-5-8-17(16(18)12-21-23)22-19(24)20-11-14-10-15(14)13-6-3-2-4-7-13/h2-4,6-7,12,14-15,17H,5,8-11H2,1H3,(H2,20,22,24). The lowest BCUT2D eigenvalue weighted by Crippen LogP contribution is -2.40. The van der Waals surface area contributed by atoms with E-state index in [1.54, 1.807) is 0 Å². The molecule has 126 valence electrons. The van der Waals surface area contributed by atoms with Crippen LogP contribution in [0.25, 0.3) is 0 Å². The first-order chi connectivity index (χ1) is 11.7. The van der Waals surface area contributed by atoms with Crippen LogP contribution in [0.1, 0.15) is 48.0 Å². The number of carbonyl (C=O) groups is 1. The highest BCUT2D eigenvalue weighted by atomic mass is 16.2. The van der Waals surface area contributed by atoms with Crippen molar-refractivity contribution < 1.29 is 4.79 Å². The first kappa shape index (κ1) is 15.2. The number of nitrogens with zero attached hydrogens (tertiary/aromatic N) is 2. The average Bonchev–Trinajstić information content (AvgIpc) is 3.30. The molecule has 2 N–H and O–H groups in total. The van der Waals surface area contributed by atoms with E-state index < -0.39 is 0 Å². The summed E-state index contributed by atoms with van der Waals surface area (Å²) < 4.78 is 1.93. The molecule has 4 rings (SSSR count). The van der Waals surface area contributed by atoms with Gasteiger partial charge in [0.25, 0.3) is 0 Å². The number of amides is 2. The van der Waals surface area contributed by atoms with Crippen LogP contribution in [0.2, 0.25) is 0 Å². The molecule has 5 nitrogen and oxygen atoms in total. The molecule has 3 atom stereocenters. The molecule has 24 heavy (non-hydrogen) atoms. The van der Waals surface area contributed by atoms with E-state index in [0.717, 1.165) is 25.8 Å². The van der Waals surface area contributed by atoms with Crippen LogP contribution in [0.4, 0.5) is 4.79 Å². The van der Waals surface area contributed by atoms with E-state index in [2.05, 4.69) is 40.0 Å². The molecule has 0 bridgehead atoms. The lowest BCUT2D eigenvalue weighted by molar-refractivity contribution is 0.235. The second-order valence-electron chi connectivity index (χ2n) is 6.98. The molecule has 0 aliphatic heterocycles. The molecule has 3 unspecified atom stereocenters. The number of hydrogen-bond donors (Lipinski definition) is 2. The maximum Gasteiger partial charge on any atom is 0.315 e. The molecule has 1 aromatic carbocycles. The summed E-state index contributed by atoms with van der Waals surface area (Å²) >= 11 is 0. The monoisotopic (exact) mass is 324 g/mol. The van der Waals surface area contributed by atoms with Crippen LogP contribution in [0, 0.1) is 5.92 Å². The molecule has 1 aromatic heterocycles. The topological polar surface area (TPSA) is 59.0 Å². The maximum absolute atomic E-state index is 12.3. The van der Waals surface area contributed by atoms with Crippen molar-refractivity contribution in [3.8, 4) is 0 Å². The van der Waals surface area contributed by atoms with Gasteiger partial charge < -0.3 is 10.6 Å². The first-order valence-corrected chi connectivity index (χ1v) is 8.82. The molecule has 1 heterocycles. The number of hydrogen-bond acceptors (Lipinski definition) is 2. The Morgan fingerprint density at radius 1 is 1.33 bits per heavy atom. The quantitative estimate of drug-likeness (QED) is 0.908. The Labute approximate surface area is 142 Å². The predicted octanol–water partition coefficient (Wildman–Crippen LogP) is 2.90. The third-order valence-corrected chi connectivity index (χ3v) is 5.36. The van der Waals surface area contributed by atoms with Gasteiger partial charge in [-0.3, -0.25) is 4.68 Å². The number of aromatic nitrogens is 2. The van der Waals surface area contributed by atoms with E-state index in [-0.39, 0.29) is 12.1 Å². The predicted molar refractivity (Wildman–Crippen MR) is 92.7 cm³/mol. The minimum atomic E-state index is -0.0598. The van der Waals surface area contributed by atoms with E-state index in [1.165, 1.54) is 23.2 Å². The van der Waals surface area contributed by atoms with Crippen molar-refractivity contribution in [2.24, 2.45) is 13.0 Å². The fourth-order valence-corrected chi connectivity index (χ4v) is 3.87. The van der Waals surface area contributed by atoms with Gasteiger partial charge in [0.15, 0.2) is 0 Å². The fourth-order valence-electron chi connectivity index (χ4n) is 3.87. The van der Waals surface area contributed by atoms with Crippen molar-refractivity contribution in [1.29, 1.82) is 0 Å². The SMILES string of the molecule is Cn1ncc2c1CCCC2NC(=O)NCC1CC1c1ccccc1. The van der Waals surface area contributed by atoms with Crippen LogP contribution in [0.5, 0.6) is 0 Å². The van der Waals surface area contributed by atoms with Gasteiger partial charge in [-0.25, -0.2) is 4.79 Å². The second-order valence-corrected chi connectivity index (χ2v) is 6.98. The summed E-state index contributed by atoms with van der Waals surface area (Å²) in [4.78, 5) is 12.3. The number of rotatable bonds is 4. The third-order valence-electron chi connectivity index (χ3n) is 5.36. The van der Waals surface area contributed by atoms with E-state index in [1.807, 2.05) is 24.0 Å². The first-order valence-electron chi connectivity index (χ1n) is 8.82. The summed E-state index contributed by atoms with van der Waals surface area (Å²) in [6.07, 6.45) is 6.19. The number of aryl methyl sites for hydroxylation is 1. The van der Waals surface area contributed by atoms with Crippen LogP contribution in [0.3, 0.4) is 0 Å². The molecule has 0 radical (unpaired) electrons. The maximum atomic E-state index is 12.3. The molecular formula is C19H24N4O. The highest BCUT2D eigenvalue weighted by Crippen LogP contribution is 2.46. The second kappa shape index (κ2) is 6.30. The van der Waals surface area contributed by atoms with Crippen molar-refractivity contribution >= 4 is 6.03 Å². The Kier molecular flexibility index (Phi) is 4.00. The van der Waals surface area contributed by atoms with E-state index in [9.17, 15) is 4.79 Å². The molecule has 2 aromatic rings. The molecule has 5 heteroatoms. The molecular weight excluding hydrogens is 300 g/mol. The molecule has 1 fully saturated rings. The number of nitrogens with one attached hydrogen (secondary N) is 2. The Hall–Kier alpha value is -2.30. The van der Waals surface area contributed by atoms with Gasteiger partial charge in [-0.2, -0.15) is 5.10 Å². The minimum Gasteiger partial charge on any atom is -0.338 e. The zero-order valence-corrected chi connectivity index (χ0v) is 14.0. The summed E-state index contributed by atoms with van der Waals surface area (Å²) in [5.74, 6) is 1.17. The Morgan fingerprint density at radius 3 is 3.00 bits per heavy atom. The highest BCUT2D eigenvalue weighted by molar-refractivity contribution is 5.74. The van der Waals surface area contributed by atoms with Crippen molar-refractivity contribution in [2.45, 2.75) is 37.6 Å². The zero-order valence-electron chi connectivity index (χ0n) is 14.0. The van der Waals surface area contributed by atoms with Crippen LogP contribution in [0.15, 0.2) is 36.5 Å². The summed E-state index contributed by atoms with van der Waals surface area (Å²) in [5.41, 5.74) is 3.81. The molecule has 0 spiro atoms. The van der Waals surface area contributed by atoms with Crippen molar-refractivity contribution in [2.75, 3.05) is 6.54 Å². The van der Waals surface area contributed by atoms with Gasteiger partial charge >= 0.3 is 6.03 Å². The van der Waals surface area contributed by atoms with Gasteiger partial charge in [-0.15, -0.1) is 0 Å². The van der Waals surface area contributed by atoms with Gasteiger partial charge in [0.1, 0.15) is 0 Å². The molecule has 1 saturated carbocycles. The number of carbonyl (C=O) groups excluding carboxylic acids is 1. The Morgan fingerprint density at radius 2 is 2.17 bits per heavy atom. The number of urea groups is 1. The minimum absolute atomic E-state index is 0.0598. The van der Waals surface area contributed by atoms with Crippen LogP contribution in [-0.2, 0) is 13.5 Å². The van der Waals surface area contributed by atoms with Crippen LogP contribution >= 0.6 is 0 Å². The number of fused-ring (bicyclic) bond motifs is 1. The van der Waals surface area contributed by atoms with Gasteiger partial charge in [0.05, 0.1) is 12.2 Å². The lowest BCUT2D eigenvalue weighted by Gasteiger charge is -2.24. The fraction of sp³-hybridized carbons (Fsp3) is 0.474. The van der Waals surface area contributed by atoms with E-state index >= 15 is 0 Å². The molecule has 2 aliphatic carbocycles. The molecule has 0 saturated heterocycles. The average molecular weight is 324 g/mol. The van der Waals surface area contributed by atoms with Gasteiger partial charge in [0.2, 0.25) is 0 Å². The molecule has 2 aliphatic rings. The zero-order chi connectivity index (χ0) is 16.5. The van der Waals surface area contributed by atoms with Gasteiger partial charge in [-0.1, -0.05) is 30.3 Å². The highest BCUT2D eigenvalue weighted by Gasteiger charge is 2.38. The number of benzene rings is 1. The van der Waals surface area contributed by atoms with Crippen LogP contribution in [-0.4, -0.2) is 22.4 Å². The van der Waals surface area contributed by atoms with E-state index in [0.29, 0.717) is 11.8 Å². The van der Waals surface area contributed by atoms with Crippen molar-refractivity contribution in [1.82, 2.24) is 20.4 Å². The van der Waals surface area contributed by atoms with Crippen LogP contribution < -0.4 is 10.6 Å². The van der Waals surface area contributed by atoms with Gasteiger partial charge in [0, 0.05) is 24.8 Å². The summed E-state index contributed by atoms with van der Waals surface area (Å²) in [6, 6.07) is 10.6. The molecule has 2 amide bonds. The largest absolute Gasteiger partial charge is 0.338 e. The summed E-state index contributed by atoms with van der Waals surface area (Å²) in [6.45, 7) is 0.748. The summed E-state index contributed by atoms with van der Waals surface area (Å²) in [7, 11) is 1.97.